The Morgan fingerprint density at radius 1 is 1.15 bits per heavy atom. The van der Waals surface area contributed by atoms with E-state index >= 15 is 0 Å². The Balaban J connectivity index is 1.61. The van der Waals surface area contributed by atoms with E-state index < -0.39 is 12.1 Å². The molecule has 2 heterocycles. The first-order valence-electron chi connectivity index (χ1n) is 12.5. The predicted molar refractivity (Wildman–Crippen MR) is 153 cm³/mol. The Labute approximate surface area is 235 Å². The average Bonchev–Trinajstić information content (AvgIpc) is 3.40. The van der Waals surface area contributed by atoms with E-state index in [0.29, 0.717) is 57.4 Å². The minimum atomic E-state index is -0.636. The summed E-state index contributed by atoms with van der Waals surface area (Å²) in [6.45, 7) is 1.45. The summed E-state index contributed by atoms with van der Waals surface area (Å²) in [5.74, 6) is -0.202. The third-order valence-corrected chi connectivity index (χ3v) is 6.36. The topological polar surface area (TPSA) is 142 Å². The second-order valence-electron chi connectivity index (χ2n) is 9.02. The molecule has 2 aromatic carbocycles. The van der Waals surface area contributed by atoms with Crippen LogP contribution in [-0.2, 0) is 14.3 Å². The number of hydrogen-bond acceptors (Lipinski definition) is 6. The highest BCUT2D eigenvalue weighted by molar-refractivity contribution is 6.31. The van der Waals surface area contributed by atoms with Crippen LogP contribution in [0.1, 0.15) is 54.0 Å². The fourth-order valence-electron chi connectivity index (χ4n) is 4.16. The number of halogens is 1. The van der Waals surface area contributed by atoms with Gasteiger partial charge in [-0.3, -0.25) is 19.7 Å². The number of amides is 3. The molecule has 206 valence electrons. The van der Waals surface area contributed by atoms with Gasteiger partial charge in [0.2, 0.25) is 11.8 Å². The molecule has 4 N–H and O–H groups in total. The number of rotatable bonds is 5. The molecule has 0 saturated heterocycles. The molecule has 1 aromatic heterocycles. The lowest BCUT2D eigenvalue weighted by molar-refractivity contribution is -0.117. The molecule has 1 aliphatic rings. The van der Waals surface area contributed by atoms with Crippen LogP contribution in [0, 0.1) is 0 Å². The number of Topliss-reactive ketones (excluding diaryl/α,β-unsaturated/α-hetero) is 1. The van der Waals surface area contributed by atoms with Crippen LogP contribution in [0.15, 0.2) is 60.8 Å². The van der Waals surface area contributed by atoms with Gasteiger partial charge in [0.15, 0.2) is 5.78 Å². The van der Waals surface area contributed by atoms with Gasteiger partial charge in [0.25, 0.3) is 0 Å². The SMILES string of the molecule is COC(=O)Nc1ccc2c(c1)NC(=O)CCC=CCC(NC(=O)C=Cc1cc(Cl)ccc1C(C)=O)c1nc-2c[nH]1. The summed E-state index contributed by atoms with van der Waals surface area (Å²) < 4.78 is 4.65. The number of nitrogens with one attached hydrogen (secondary N) is 4. The summed E-state index contributed by atoms with van der Waals surface area (Å²) in [5.41, 5.74) is 3.07. The molecule has 3 aromatic rings. The number of ether oxygens (including phenoxy) is 1. The summed E-state index contributed by atoms with van der Waals surface area (Å²) in [6, 6.07) is 9.41. The Bertz CT molecular complexity index is 1510. The molecule has 0 aliphatic carbocycles. The van der Waals surface area contributed by atoms with Crippen molar-refractivity contribution < 1.29 is 23.9 Å². The zero-order chi connectivity index (χ0) is 28.6. The van der Waals surface area contributed by atoms with Crippen molar-refractivity contribution in [2.45, 2.75) is 32.2 Å². The van der Waals surface area contributed by atoms with Crippen molar-refractivity contribution in [3.63, 3.8) is 0 Å². The molecule has 1 atom stereocenters. The lowest BCUT2D eigenvalue weighted by Gasteiger charge is -2.14. The molecule has 10 nitrogen and oxygen atoms in total. The first-order valence-corrected chi connectivity index (χ1v) is 12.9. The average molecular weight is 562 g/mol. The highest BCUT2D eigenvalue weighted by Gasteiger charge is 2.19. The van der Waals surface area contributed by atoms with Crippen LogP contribution in [0.25, 0.3) is 17.3 Å². The van der Waals surface area contributed by atoms with Crippen LogP contribution in [0.3, 0.4) is 0 Å². The van der Waals surface area contributed by atoms with E-state index in [0.717, 1.165) is 0 Å². The summed E-state index contributed by atoms with van der Waals surface area (Å²) in [5, 5.41) is 8.88. The molecule has 1 unspecified atom stereocenters. The van der Waals surface area contributed by atoms with Crippen molar-refractivity contribution in [2.75, 3.05) is 17.7 Å². The van der Waals surface area contributed by atoms with Crippen molar-refractivity contribution in [3.8, 4) is 11.3 Å². The number of H-pyrrole nitrogens is 1. The van der Waals surface area contributed by atoms with E-state index in [2.05, 4.69) is 25.7 Å². The first-order chi connectivity index (χ1) is 19.2. The second kappa shape index (κ2) is 12.9. The second-order valence-corrected chi connectivity index (χ2v) is 9.46. The van der Waals surface area contributed by atoms with Crippen molar-refractivity contribution >= 4 is 52.7 Å². The van der Waals surface area contributed by atoms with Crippen LogP contribution in [0.5, 0.6) is 0 Å². The maximum atomic E-state index is 12.9. The van der Waals surface area contributed by atoms with Crippen LogP contribution >= 0.6 is 11.6 Å². The van der Waals surface area contributed by atoms with Crippen molar-refractivity contribution in [1.29, 1.82) is 0 Å². The molecule has 1 aliphatic heterocycles. The zero-order valence-electron chi connectivity index (χ0n) is 21.9. The third-order valence-electron chi connectivity index (χ3n) is 6.13. The van der Waals surface area contributed by atoms with E-state index in [1.807, 2.05) is 12.2 Å². The van der Waals surface area contributed by atoms with Crippen molar-refractivity contribution in [3.05, 3.63) is 82.8 Å². The van der Waals surface area contributed by atoms with Gasteiger partial charge in [-0.05, 0) is 67.8 Å². The Morgan fingerprint density at radius 2 is 1.98 bits per heavy atom. The summed E-state index contributed by atoms with van der Waals surface area (Å²) >= 11 is 6.08. The molecule has 40 heavy (non-hydrogen) atoms. The fourth-order valence-corrected chi connectivity index (χ4v) is 4.34. The monoisotopic (exact) mass is 561 g/mol. The standard InChI is InChI=1S/C29H28ClN5O5/c1-17(36)21-11-9-19(30)14-18(21)8-13-27(38)33-23-6-4-3-5-7-26(37)34-24-15-20(32-29(39)40-2)10-12-22(24)25-16-31-28(23)35-25/h3-4,8-16,23H,5-7H2,1-2H3,(H,31,35)(H,32,39)(H,33,38)(H,34,37). The molecule has 0 spiro atoms. The van der Waals surface area contributed by atoms with E-state index in [1.165, 1.54) is 20.1 Å². The van der Waals surface area contributed by atoms with Crippen LogP contribution in [-0.4, -0.2) is 40.8 Å². The van der Waals surface area contributed by atoms with E-state index in [1.54, 1.807) is 48.7 Å². The Morgan fingerprint density at radius 3 is 2.75 bits per heavy atom. The molecular formula is C29H28ClN5O5. The number of hydrogen-bond donors (Lipinski definition) is 4. The number of imidazole rings is 1. The van der Waals surface area contributed by atoms with E-state index in [9.17, 15) is 19.2 Å². The number of anilines is 2. The highest BCUT2D eigenvalue weighted by Crippen LogP contribution is 2.31. The lowest BCUT2D eigenvalue weighted by Crippen LogP contribution is -2.27. The number of nitrogens with zero attached hydrogens (tertiary/aromatic N) is 1. The number of methoxy groups -OCH3 is 1. The number of fused-ring (bicyclic) bond motifs is 4. The van der Waals surface area contributed by atoms with Gasteiger partial charge in [0.1, 0.15) is 5.82 Å². The fraction of sp³-hybridized carbons (Fsp3) is 0.207. The van der Waals surface area contributed by atoms with Gasteiger partial charge in [0, 0.05) is 40.5 Å². The number of aromatic amines is 1. The van der Waals surface area contributed by atoms with Crippen LogP contribution in [0.4, 0.5) is 16.2 Å². The minimum absolute atomic E-state index is 0.137. The van der Waals surface area contributed by atoms with Gasteiger partial charge in [-0.25, -0.2) is 9.78 Å². The van der Waals surface area contributed by atoms with E-state index in [-0.39, 0.29) is 24.0 Å². The zero-order valence-corrected chi connectivity index (χ0v) is 22.7. The maximum Gasteiger partial charge on any atom is 0.411 e. The summed E-state index contributed by atoms with van der Waals surface area (Å²) in [7, 11) is 1.26. The number of benzene rings is 2. The largest absolute Gasteiger partial charge is 0.453 e. The third kappa shape index (κ3) is 7.23. The predicted octanol–water partition coefficient (Wildman–Crippen LogP) is 5.66. The van der Waals surface area contributed by atoms with Gasteiger partial charge in [-0.1, -0.05) is 23.8 Å². The molecule has 4 rings (SSSR count). The molecule has 0 radical (unpaired) electrons. The van der Waals surface area contributed by atoms with Gasteiger partial charge >= 0.3 is 6.09 Å². The summed E-state index contributed by atoms with van der Waals surface area (Å²) in [6.07, 6.45) is 8.87. The molecule has 11 heteroatoms. The molecule has 3 amide bonds. The molecule has 0 saturated carbocycles. The number of carbonyl (C=O) groups excluding carboxylic acids is 4. The van der Waals surface area contributed by atoms with E-state index in [4.69, 9.17) is 16.6 Å². The Kier molecular flexibility index (Phi) is 9.13. The first kappa shape index (κ1) is 28.3. The number of allylic oxidation sites excluding steroid dienone is 1. The van der Waals surface area contributed by atoms with Gasteiger partial charge < -0.3 is 20.4 Å². The van der Waals surface area contributed by atoms with Crippen LogP contribution < -0.4 is 16.0 Å². The molecule has 0 fully saturated rings. The number of ketones is 1. The van der Waals surface area contributed by atoms with Crippen molar-refractivity contribution in [1.82, 2.24) is 15.3 Å². The molecule has 2 bridgehead atoms. The minimum Gasteiger partial charge on any atom is -0.453 e. The van der Waals surface area contributed by atoms with Crippen molar-refractivity contribution in [2.24, 2.45) is 0 Å². The number of carbonyl (C=O) groups is 4. The smallest absolute Gasteiger partial charge is 0.411 e. The normalized spacial score (nSPS) is 15.2. The maximum absolute atomic E-state index is 12.9. The summed E-state index contributed by atoms with van der Waals surface area (Å²) in [4.78, 5) is 57.0. The lowest BCUT2D eigenvalue weighted by atomic mass is 10.0. The van der Waals surface area contributed by atoms with Gasteiger partial charge in [-0.2, -0.15) is 0 Å². The number of aromatic nitrogens is 2. The highest BCUT2D eigenvalue weighted by atomic mass is 35.5. The van der Waals surface area contributed by atoms with Gasteiger partial charge in [-0.15, -0.1) is 0 Å². The quantitative estimate of drug-likeness (QED) is 0.180. The Hall–Kier alpha value is -4.70. The molecular weight excluding hydrogens is 534 g/mol. The van der Waals surface area contributed by atoms with Crippen LogP contribution in [0.2, 0.25) is 5.02 Å². The van der Waals surface area contributed by atoms with Gasteiger partial charge in [0.05, 0.1) is 24.5 Å².